The van der Waals surface area contributed by atoms with Crippen LogP contribution in [0.2, 0.25) is 0 Å². The summed E-state index contributed by atoms with van der Waals surface area (Å²) in [4.78, 5) is 24.3. The first-order valence-corrected chi connectivity index (χ1v) is 11.1. The Morgan fingerprint density at radius 3 is 2.90 bits per heavy atom. The van der Waals surface area contributed by atoms with E-state index in [2.05, 4.69) is 25.4 Å². The van der Waals surface area contributed by atoms with E-state index < -0.39 is 0 Å². The number of thiazole rings is 1. The highest BCUT2D eigenvalue weighted by atomic mass is 32.1. The van der Waals surface area contributed by atoms with Gasteiger partial charge in [-0.25, -0.2) is 4.98 Å². The van der Waals surface area contributed by atoms with Crippen molar-refractivity contribution in [2.45, 2.75) is 38.8 Å². The standard InChI is InChI=1S/C22H22N6O2S/c1-13(15-7-4-3-5-8-15)24-20(29)17-9-6-10-28(17)22-25-19-18(31-22)11-16(12-23-19)21-27-26-14(2)30-21/h3-5,7-8,11-13,17H,6,9-10H2,1-2H3,(H,24,29)/t13-,17-/m1/s1. The second-order valence-corrected chi connectivity index (χ2v) is 8.67. The van der Waals surface area contributed by atoms with Crippen molar-refractivity contribution >= 4 is 32.7 Å². The number of nitrogens with one attached hydrogen (secondary N) is 1. The summed E-state index contributed by atoms with van der Waals surface area (Å²) in [5, 5.41) is 11.9. The molecule has 158 valence electrons. The Morgan fingerprint density at radius 2 is 2.13 bits per heavy atom. The van der Waals surface area contributed by atoms with E-state index in [1.807, 2.05) is 43.3 Å². The molecule has 3 aromatic heterocycles. The summed E-state index contributed by atoms with van der Waals surface area (Å²) in [6.45, 7) is 4.56. The van der Waals surface area contributed by atoms with Crippen LogP contribution in [0.4, 0.5) is 5.13 Å². The lowest BCUT2D eigenvalue weighted by Gasteiger charge is -2.25. The highest BCUT2D eigenvalue weighted by molar-refractivity contribution is 7.22. The molecule has 1 aliphatic rings. The predicted molar refractivity (Wildman–Crippen MR) is 119 cm³/mol. The van der Waals surface area contributed by atoms with Gasteiger partial charge in [-0.15, -0.1) is 10.2 Å². The molecule has 1 saturated heterocycles. The number of amides is 1. The lowest BCUT2D eigenvalue weighted by atomic mass is 10.1. The van der Waals surface area contributed by atoms with Crippen molar-refractivity contribution in [3.63, 3.8) is 0 Å². The Bertz CT molecular complexity index is 1220. The molecule has 0 saturated carbocycles. The third-order valence-electron chi connectivity index (χ3n) is 5.47. The average molecular weight is 435 g/mol. The van der Waals surface area contributed by atoms with Crippen LogP contribution in [0.15, 0.2) is 47.0 Å². The number of pyridine rings is 1. The van der Waals surface area contributed by atoms with Crippen molar-refractivity contribution in [1.29, 1.82) is 0 Å². The van der Waals surface area contributed by atoms with E-state index in [1.54, 1.807) is 13.1 Å². The predicted octanol–water partition coefficient (Wildman–Crippen LogP) is 3.90. The molecular weight excluding hydrogens is 412 g/mol. The second kappa shape index (κ2) is 8.07. The number of carbonyl (C=O) groups is 1. The van der Waals surface area contributed by atoms with Gasteiger partial charge in [0.2, 0.25) is 17.7 Å². The molecule has 1 aliphatic heterocycles. The zero-order valence-corrected chi connectivity index (χ0v) is 18.1. The number of aryl methyl sites for hydroxylation is 1. The highest BCUT2D eigenvalue weighted by Gasteiger charge is 2.33. The average Bonchev–Trinajstić information content (AvgIpc) is 3.52. The van der Waals surface area contributed by atoms with Gasteiger partial charge in [0.15, 0.2) is 10.8 Å². The summed E-state index contributed by atoms with van der Waals surface area (Å²) >= 11 is 1.53. The molecule has 0 spiro atoms. The number of fused-ring (bicyclic) bond motifs is 1. The number of rotatable bonds is 5. The van der Waals surface area contributed by atoms with Gasteiger partial charge < -0.3 is 14.6 Å². The number of nitrogens with zero attached hydrogens (tertiary/aromatic N) is 5. The minimum Gasteiger partial charge on any atom is -0.421 e. The summed E-state index contributed by atoms with van der Waals surface area (Å²) in [6, 6.07) is 11.7. The minimum atomic E-state index is -0.232. The van der Waals surface area contributed by atoms with Gasteiger partial charge in [0.1, 0.15) is 6.04 Å². The van der Waals surface area contributed by atoms with Crippen LogP contribution in [0.1, 0.15) is 37.3 Å². The van der Waals surface area contributed by atoms with Gasteiger partial charge in [-0.3, -0.25) is 4.79 Å². The molecule has 1 N–H and O–H groups in total. The van der Waals surface area contributed by atoms with Crippen LogP contribution in [0.5, 0.6) is 0 Å². The molecule has 5 rings (SSSR count). The van der Waals surface area contributed by atoms with E-state index in [9.17, 15) is 4.79 Å². The van der Waals surface area contributed by atoms with Crippen LogP contribution in [0.25, 0.3) is 21.8 Å². The number of hydrogen-bond acceptors (Lipinski definition) is 8. The van der Waals surface area contributed by atoms with Gasteiger partial charge in [-0.2, -0.15) is 4.98 Å². The van der Waals surface area contributed by atoms with E-state index in [4.69, 9.17) is 9.40 Å². The monoisotopic (exact) mass is 434 g/mol. The quantitative estimate of drug-likeness (QED) is 0.509. The fourth-order valence-corrected chi connectivity index (χ4v) is 4.90. The minimum absolute atomic E-state index is 0.0306. The zero-order chi connectivity index (χ0) is 21.4. The SMILES string of the molecule is Cc1nnc(-c2cnc3nc(N4CCC[C@@H]4C(=O)N[C@H](C)c4ccccc4)sc3c2)o1. The van der Waals surface area contributed by atoms with Crippen molar-refractivity contribution in [3.8, 4) is 11.5 Å². The molecule has 4 aromatic rings. The Balaban J connectivity index is 1.36. The molecule has 0 radical (unpaired) electrons. The molecule has 0 unspecified atom stereocenters. The molecule has 0 bridgehead atoms. The maximum atomic E-state index is 13.1. The fraction of sp³-hybridized carbons (Fsp3) is 0.318. The summed E-state index contributed by atoms with van der Waals surface area (Å²) in [7, 11) is 0. The number of benzene rings is 1. The van der Waals surface area contributed by atoms with Crippen LogP contribution >= 0.6 is 11.3 Å². The first-order chi connectivity index (χ1) is 15.1. The lowest BCUT2D eigenvalue weighted by molar-refractivity contribution is -0.122. The number of anilines is 1. The van der Waals surface area contributed by atoms with Crippen LogP contribution in [0.3, 0.4) is 0 Å². The lowest BCUT2D eigenvalue weighted by Crippen LogP contribution is -2.44. The van der Waals surface area contributed by atoms with Gasteiger partial charge in [0, 0.05) is 19.7 Å². The van der Waals surface area contributed by atoms with Crippen molar-refractivity contribution in [2.75, 3.05) is 11.4 Å². The van der Waals surface area contributed by atoms with Gasteiger partial charge in [0.05, 0.1) is 16.3 Å². The third-order valence-corrected chi connectivity index (χ3v) is 6.50. The van der Waals surface area contributed by atoms with Crippen LogP contribution in [-0.2, 0) is 4.79 Å². The zero-order valence-electron chi connectivity index (χ0n) is 17.3. The van der Waals surface area contributed by atoms with E-state index in [-0.39, 0.29) is 18.0 Å². The fourth-order valence-electron chi connectivity index (χ4n) is 3.86. The number of aromatic nitrogens is 4. The van der Waals surface area contributed by atoms with Crippen LogP contribution in [0, 0.1) is 6.92 Å². The molecule has 1 fully saturated rings. The third kappa shape index (κ3) is 3.88. The van der Waals surface area contributed by atoms with Gasteiger partial charge in [0.25, 0.3) is 0 Å². The summed E-state index contributed by atoms with van der Waals surface area (Å²) in [5.74, 6) is 0.981. The van der Waals surface area contributed by atoms with Crippen LogP contribution in [-0.4, -0.2) is 38.7 Å². The molecule has 2 atom stereocenters. The molecule has 1 aromatic carbocycles. The number of hydrogen-bond donors (Lipinski definition) is 1. The first-order valence-electron chi connectivity index (χ1n) is 10.3. The Morgan fingerprint density at radius 1 is 1.29 bits per heavy atom. The molecule has 31 heavy (non-hydrogen) atoms. The van der Waals surface area contributed by atoms with Gasteiger partial charge in [-0.05, 0) is 31.4 Å². The van der Waals surface area contributed by atoms with E-state index in [0.29, 0.717) is 17.4 Å². The molecular formula is C22H22N6O2S. The van der Waals surface area contributed by atoms with Crippen molar-refractivity contribution in [3.05, 3.63) is 54.0 Å². The first kappa shape index (κ1) is 19.6. The highest BCUT2D eigenvalue weighted by Crippen LogP contribution is 2.34. The van der Waals surface area contributed by atoms with Crippen molar-refractivity contribution < 1.29 is 9.21 Å². The Labute approximate surface area is 183 Å². The normalized spacial score (nSPS) is 17.2. The Kier molecular flexibility index (Phi) is 5.11. The maximum Gasteiger partial charge on any atom is 0.249 e. The Hall–Kier alpha value is -3.33. The summed E-state index contributed by atoms with van der Waals surface area (Å²) in [6.07, 6.45) is 3.45. The largest absolute Gasteiger partial charge is 0.421 e. The second-order valence-electron chi connectivity index (χ2n) is 7.66. The molecule has 8 nitrogen and oxygen atoms in total. The molecule has 9 heteroatoms. The molecule has 0 aliphatic carbocycles. The maximum absolute atomic E-state index is 13.1. The van der Waals surface area contributed by atoms with Crippen molar-refractivity contribution in [2.24, 2.45) is 0 Å². The van der Waals surface area contributed by atoms with E-state index in [0.717, 1.165) is 40.3 Å². The number of carbonyl (C=O) groups excluding carboxylic acids is 1. The smallest absolute Gasteiger partial charge is 0.249 e. The van der Waals surface area contributed by atoms with E-state index >= 15 is 0 Å². The summed E-state index contributed by atoms with van der Waals surface area (Å²) in [5.41, 5.74) is 2.51. The topological polar surface area (TPSA) is 97.0 Å². The molecule has 1 amide bonds. The summed E-state index contributed by atoms with van der Waals surface area (Å²) < 4.78 is 6.43. The van der Waals surface area contributed by atoms with Crippen LogP contribution < -0.4 is 10.2 Å². The van der Waals surface area contributed by atoms with Gasteiger partial charge in [-0.1, -0.05) is 41.7 Å². The van der Waals surface area contributed by atoms with Gasteiger partial charge >= 0.3 is 0 Å². The van der Waals surface area contributed by atoms with Crippen molar-refractivity contribution in [1.82, 2.24) is 25.5 Å². The van der Waals surface area contributed by atoms with E-state index in [1.165, 1.54) is 11.3 Å². The molecule has 4 heterocycles.